The molecule has 5 aromatic rings. The molecule has 0 aliphatic carbocycles. The van der Waals surface area contributed by atoms with Crippen molar-refractivity contribution in [3.05, 3.63) is 125 Å². The van der Waals surface area contributed by atoms with Crippen LogP contribution in [0.2, 0.25) is 0 Å². The van der Waals surface area contributed by atoms with Crippen molar-refractivity contribution in [2.75, 3.05) is 12.4 Å². The van der Waals surface area contributed by atoms with Crippen molar-refractivity contribution in [2.45, 2.75) is 46.2 Å². The van der Waals surface area contributed by atoms with Crippen molar-refractivity contribution in [1.29, 1.82) is 0 Å². The third kappa shape index (κ3) is 4.78. The second-order valence-corrected chi connectivity index (χ2v) is 10.9. The molecule has 1 N–H and O–H groups in total. The van der Waals surface area contributed by atoms with Gasteiger partial charge >= 0.3 is 6.03 Å². The van der Waals surface area contributed by atoms with Gasteiger partial charge in [-0.1, -0.05) is 62.4 Å². The Labute approximate surface area is 241 Å². The number of aromatic nitrogens is 3. The molecule has 0 bridgehead atoms. The zero-order chi connectivity index (χ0) is 28.7. The number of benzene rings is 3. The molecular weight excluding hydrogens is 510 g/mol. The van der Waals surface area contributed by atoms with E-state index < -0.39 is 0 Å². The van der Waals surface area contributed by atoms with E-state index in [-0.39, 0.29) is 12.1 Å². The summed E-state index contributed by atoms with van der Waals surface area (Å²) in [6.45, 7) is 8.77. The first-order valence-electron chi connectivity index (χ1n) is 14.0. The maximum atomic E-state index is 14.3. The normalized spacial score (nSPS) is 14.4. The highest BCUT2D eigenvalue weighted by Gasteiger charge is 2.36. The fourth-order valence-corrected chi connectivity index (χ4v) is 5.67. The van der Waals surface area contributed by atoms with Gasteiger partial charge in [0.2, 0.25) is 0 Å². The van der Waals surface area contributed by atoms with Gasteiger partial charge < -0.3 is 19.5 Å². The van der Waals surface area contributed by atoms with Gasteiger partial charge in [-0.05, 0) is 72.9 Å². The van der Waals surface area contributed by atoms with E-state index in [0.717, 1.165) is 39.6 Å². The molecule has 3 aromatic carbocycles. The lowest BCUT2D eigenvalue weighted by atomic mass is 9.97. The van der Waals surface area contributed by atoms with Crippen molar-refractivity contribution < 1.29 is 9.53 Å². The summed E-state index contributed by atoms with van der Waals surface area (Å²) < 4.78 is 9.75. The minimum absolute atomic E-state index is 0.209. The summed E-state index contributed by atoms with van der Waals surface area (Å²) in [5.41, 5.74) is 7.82. The van der Waals surface area contributed by atoms with Gasteiger partial charge in [0, 0.05) is 11.8 Å². The SMILES string of the molecule is COc1ccc(C)cc1NC(=O)N1Cc2c(C)nn(-c3ccccc3)c2-n2cccc2[C@@H]1c1ccc(C(C)C)cc1. The highest BCUT2D eigenvalue weighted by atomic mass is 16.5. The summed E-state index contributed by atoms with van der Waals surface area (Å²) in [7, 11) is 1.62. The minimum atomic E-state index is -0.335. The van der Waals surface area contributed by atoms with Gasteiger partial charge in [-0.3, -0.25) is 0 Å². The monoisotopic (exact) mass is 545 g/mol. The number of amides is 2. The molecule has 0 radical (unpaired) electrons. The zero-order valence-corrected chi connectivity index (χ0v) is 24.1. The zero-order valence-electron chi connectivity index (χ0n) is 24.1. The number of carbonyl (C=O) groups is 1. The number of rotatable bonds is 5. The summed E-state index contributed by atoms with van der Waals surface area (Å²) in [6.07, 6.45) is 2.06. The molecule has 2 aromatic heterocycles. The van der Waals surface area contributed by atoms with E-state index >= 15 is 0 Å². The Balaban J connectivity index is 1.52. The standard InChI is InChI=1S/C34H35N5O2/c1-22(2)25-14-16-26(17-15-25)32-30-12-9-19-37(30)33-28(24(4)36-39(33)27-10-7-6-8-11-27)21-38(32)34(40)35-29-20-23(3)13-18-31(29)41-5/h6-20,22,32H,21H2,1-5H3,(H,35,40)/t32-/m0/s1. The van der Waals surface area contributed by atoms with Crippen LogP contribution in [0.5, 0.6) is 5.75 Å². The van der Waals surface area contributed by atoms with Crippen LogP contribution in [0.15, 0.2) is 91.1 Å². The predicted octanol–water partition coefficient (Wildman–Crippen LogP) is 7.55. The van der Waals surface area contributed by atoms with Gasteiger partial charge in [0.1, 0.15) is 11.6 Å². The largest absolute Gasteiger partial charge is 0.495 e. The Bertz CT molecular complexity index is 1700. The van der Waals surface area contributed by atoms with Crippen LogP contribution < -0.4 is 10.1 Å². The van der Waals surface area contributed by atoms with Crippen molar-refractivity contribution in [3.8, 4) is 17.3 Å². The number of methoxy groups -OCH3 is 1. The van der Waals surface area contributed by atoms with Gasteiger partial charge in [0.15, 0.2) is 0 Å². The minimum Gasteiger partial charge on any atom is -0.495 e. The number of fused-ring (bicyclic) bond motifs is 3. The topological polar surface area (TPSA) is 64.3 Å². The molecule has 1 aliphatic rings. The van der Waals surface area contributed by atoms with E-state index in [9.17, 15) is 4.79 Å². The van der Waals surface area contributed by atoms with Crippen LogP contribution in [0.1, 0.15) is 59.4 Å². The maximum absolute atomic E-state index is 14.3. The number of hydrogen-bond donors (Lipinski definition) is 1. The third-order valence-electron chi connectivity index (χ3n) is 7.86. The van der Waals surface area contributed by atoms with E-state index in [4.69, 9.17) is 9.84 Å². The third-order valence-corrected chi connectivity index (χ3v) is 7.86. The van der Waals surface area contributed by atoms with E-state index in [1.165, 1.54) is 5.56 Å². The number of nitrogens with zero attached hydrogens (tertiary/aromatic N) is 4. The van der Waals surface area contributed by atoms with Crippen molar-refractivity contribution in [3.63, 3.8) is 0 Å². The average Bonchev–Trinajstić information content (AvgIpc) is 3.54. The quantitative estimate of drug-likeness (QED) is 0.248. The molecule has 0 spiro atoms. The Morgan fingerprint density at radius 2 is 1.73 bits per heavy atom. The first-order chi connectivity index (χ1) is 19.9. The van der Waals surface area contributed by atoms with E-state index in [2.05, 4.69) is 72.4 Å². The summed E-state index contributed by atoms with van der Waals surface area (Å²) in [6, 6.07) is 28.2. The van der Waals surface area contributed by atoms with Gasteiger partial charge in [-0.2, -0.15) is 5.10 Å². The van der Waals surface area contributed by atoms with Crippen molar-refractivity contribution >= 4 is 11.7 Å². The van der Waals surface area contributed by atoms with Crippen LogP contribution >= 0.6 is 0 Å². The van der Waals surface area contributed by atoms with Crippen LogP contribution in [0, 0.1) is 13.8 Å². The lowest BCUT2D eigenvalue weighted by Crippen LogP contribution is -2.38. The second kappa shape index (κ2) is 10.7. The van der Waals surface area contributed by atoms with Gasteiger partial charge in [-0.15, -0.1) is 0 Å². The van der Waals surface area contributed by atoms with Crippen LogP contribution in [0.4, 0.5) is 10.5 Å². The Kier molecular flexibility index (Phi) is 6.87. The molecule has 1 atom stereocenters. The first-order valence-corrected chi connectivity index (χ1v) is 14.0. The molecule has 6 rings (SSSR count). The molecule has 3 heterocycles. The summed E-state index contributed by atoms with van der Waals surface area (Å²) in [4.78, 5) is 16.2. The van der Waals surface area contributed by atoms with E-state index in [0.29, 0.717) is 23.9 Å². The number of anilines is 1. The lowest BCUT2D eigenvalue weighted by Gasteiger charge is -2.31. The Morgan fingerprint density at radius 3 is 2.44 bits per heavy atom. The Hall–Kier alpha value is -4.78. The van der Waals surface area contributed by atoms with E-state index in [1.54, 1.807) is 7.11 Å². The molecule has 41 heavy (non-hydrogen) atoms. The smallest absolute Gasteiger partial charge is 0.323 e. The van der Waals surface area contributed by atoms with Gasteiger partial charge in [0.05, 0.1) is 42.5 Å². The molecule has 0 saturated heterocycles. The van der Waals surface area contributed by atoms with Crippen LogP contribution in [0.3, 0.4) is 0 Å². The van der Waals surface area contributed by atoms with Crippen molar-refractivity contribution in [2.24, 2.45) is 0 Å². The fraction of sp³-hybridized carbons (Fsp3) is 0.235. The lowest BCUT2D eigenvalue weighted by molar-refractivity contribution is 0.194. The highest BCUT2D eigenvalue weighted by molar-refractivity contribution is 5.92. The average molecular weight is 546 g/mol. The molecule has 208 valence electrons. The maximum Gasteiger partial charge on any atom is 0.323 e. The number of aryl methyl sites for hydroxylation is 2. The summed E-state index contributed by atoms with van der Waals surface area (Å²) >= 11 is 0. The van der Waals surface area contributed by atoms with Crippen LogP contribution in [-0.4, -0.2) is 32.4 Å². The molecule has 2 amide bonds. The Morgan fingerprint density at radius 1 is 0.976 bits per heavy atom. The number of ether oxygens (including phenoxy) is 1. The van der Waals surface area contributed by atoms with Crippen molar-refractivity contribution in [1.82, 2.24) is 19.2 Å². The fourth-order valence-electron chi connectivity index (χ4n) is 5.67. The predicted molar refractivity (Wildman–Crippen MR) is 162 cm³/mol. The van der Waals surface area contributed by atoms with E-state index in [1.807, 2.05) is 65.9 Å². The molecule has 0 saturated carbocycles. The molecule has 7 nitrogen and oxygen atoms in total. The van der Waals surface area contributed by atoms with Crippen LogP contribution in [0.25, 0.3) is 11.5 Å². The molecule has 0 fully saturated rings. The molecular formula is C34H35N5O2. The summed E-state index contributed by atoms with van der Waals surface area (Å²) in [5.74, 6) is 1.98. The number of nitrogens with one attached hydrogen (secondary N) is 1. The highest BCUT2D eigenvalue weighted by Crippen LogP contribution is 2.39. The molecule has 1 aliphatic heterocycles. The number of carbonyl (C=O) groups excluding carboxylic acids is 1. The molecule has 7 heteroatoms. The second-order valence-electron chi connectivity index (χ2n) is 10.9. The first kappa shape index (κ1) is 26.4. The number of hydrogen-bond acceptors (Lipinski definition) is 3. The van der Waals surface area contributed by atoms with Gasteiger partial charge in [0.25, 0.3) is 0 Å². The number of para-hydroxylation sites is 1. The van der Waals surface area contributed by atoms with Crippen LogP contribution in [-0.2, 0) is 6.54 Å². The molecule has 0 unspecified atom stereocenters. The van der Waals surface area contributed by atoms with Gasteiger partial charge in [-0.25, -0.2) is 9.48 Å². The number of urea groups is 1. The summed E-state index contributed by atoms with van der Waals surface area (Å²) in [5, 5.41) is 8.11.